The molecule has 258 valence electrons. The Labute approximate surface area is 269 Å². The van der Waals surface area contributed by atoms with Crippen molar-refractivity contribution < 1.29 is 59.5 Å². The van der Waals surface area contributed by atoms with Crippen molar-refractivity contribution in [1.82, 2.24) is 0 Å². The van der Waals surface area contributed by atoms with Gasteiger partial charge in [0, 0.05) is 18.3 Å². The third kappa shape index (κ3) is 4.81. The molecule has 0 unspecified atom stereocenters. The molecule has 46 heavy (non-hydrogen) atoms. The highest BCUT2D eigenvalue weighted by Gasteiger charge is 2.70. The average molecular weight is 651 g/mol. The van der Waals surface area contributed by atoms with E-state index in [1.165, 1.54) is 0 Å². The first kappa shape index (κ1) is 34.1. The number of carbonyl (C=O) groups is 2. The number of allylic oxidation sites excluding steroid dienone is 1. The minimum absolute atomic E-state index is 0.0366. The lowest BCUT2D eigenvalue weighted by Gasteiger charge is -2.61. The molecule has 14 atom stereocenters. The van der Waals surface area contributed by atoms with Crippen LogP contribution in [-0.2, 0) is 23.8 Å². The van der Waals surface area contributed by atoms with Crippen LogP contribution in [0.25, 0.3) is 0 Å². The van der Waals surface area contributed by atoms with Gasteiger partial charge >= 0.3 is 5.97 Å². The van der Waals surface area contributed by atoms with E-state index in [0.717, 1.165) is 5.57 Å². The SMILES string of the molecule is CC1=C(CO)C(=O)O[C@@H]([C@](C)(O)[C@H]2CC[C@@]3(O)[C@@H]4CC=C5C[C@@H](O[C@@H]6O[C@H](CO)[C@@H](O)[C@H](O)[C@H]6O)CC(=O)[C@]5(C)[C@H]4CC[C@]23C)C1. The van der Waals surface area contributed by atoms with Crippen LogP contribution in [0.2, 0.25) is 0 Å². The minimum Gasteiger partial charge on any atom is -0.456 e. The molecule has 12 nitrogen and oxygen atoms in total. The summed E-state index contributed by atoms with van der Waals surface area (Å²) >= 11 is 0. The van der Waals surface area contributed by atoms with Crippen LogP contribution >= 0.6 is 0 Å². The van der Waals surface area contributed by atoms with Crippen molar-refractivity contribution in [3.63, 3.8) is 0 Å². The van der Waals surface area contributed by atoms with Gasteiger partial charge in [0.15, 0.2) is 6.29 Å². The van der Waals surface area contributed by atoms with E-state index in [2.05, 4.69) is 0 Å². The number of aliphatic hydroxyl groups is 7. The largest absolute Gasteiger partial charge is 0.456 e. The number of cyclic esters (lactones) is 1. The van der Waals surface area contributed by atoms with Gasteiger partial charge in [-0.15, -0.1) is 0 Å². The second kappa shape index (κ2) is 11.7. The number of fused-ring (bicyclic) bond motifs is 5. The summed E-state index contributed by atoms with van der Waals surface area (Å²) in [5.41, 5.74) is -2.32. The Morgan fingerprint density at radius 2 is 1.72 bits per heavy atom. The normalized spacial score (nSPS) is 49.0. The standard InChI is InChI=1S/C34H50O12/c1-16-11-25(46-29(41)19(16)14-35)33(4,42)23-8-10-34(43)21-6-5-17-12-18(44-30-28(40)27(39)26(38)22(15-36)45-30)13-24(37)32(17,3)20(21)7-9-31(23,34)2/h5,18,20-23,25-28,30,35-36,38-40,42-43H,6-15H2,1-4H3/t18-,20+,21-,22-,23+,25-,26-,27+,28-,30-,31-,32+,33-,34-/m1/s1. The molecule has 6 rings (SSSR count). The predicted molar refractivity (Wildman–Crippen MR) is 161 cm³/mol. The summed E-state index contributed by atoms with van der Waals surface area (Å²) in [6.45, 7) is 6.43. The number of ketones is 1. The molecular formula is C34H50O12. The number of rotatable bonds is 6. The molecule has 2 heterocycles. The van der Waals surface area contributed by atoms with Gasteiger partial charge in [-0.3, -0.25) is 4.79 Å². The summed E-state index contributed by atoms with van der Waals surface area (Å²) in [5.74, 6) is -1.41. The number of esters is 1. The van der Waals surface area contributed by atoms with Crippen molar-refractivity contribution in [3.8, 4) is 0 Å². The molecule has 0 radical (unpaired) electrons. The molecule has 4 fully saturated rings. The molecule has 0 amide bonds. The summed E-state index contributed by atoms with van der Waals surface area (Å²) in [5, 5.41) is 74.6. The summed E-state index contributed by atoms with van der Waals surface area (Å²) in [4.78, 5) is 26.7. The lowest BCUT2D eigenvalue weighted by Crippen LogP contribution is -2.65. The second-order valence-electron chi connectivity index (χ2n) is 15.4. The molecule has 4 aliphatic carbocycles. The van der Waals surface area contributed by atoms with E-state index in [-0.39, 0.29) is 35.5 Å². The van der Waals surface area contributed by atoms with Gasteiger partial charge in [-0.05, 0) is 77.0 Å². The van der Waals surface area contributed by atoms with Gasteiger partial charge in [0.05, 0.1) is 35.9 Å². The first-order chi connectivity index (χ1) is 21.5. The van der Waals surface area contributed by atoms with Crippen LogP contribution in [0.3, 0.4) is 0 Å². The molecule has 3 saturated carbocycles. The third-order valence-corrected chi connectivity index (χ3v) is 13.3. The zero-order chi connectivity index (χ0) is 33.6. The van der Waals surface area contributed by atoms with Gasteiger partial charge in [-0.25, -0.2) is 4.79 Å². The number of Topliss-reactive ketones (excluding diaryl/α,β-unsaturated/α-hetero) is 1. The van der Waals surface area contributed by atoms with Crippen LogP contribution in [0.1, 0.15) is 79.1 Å². The van der Waals surface area contributed by atoms with E-state index >= 15 is 0 Å². The molecular weight excluding hydrogens is 600 g/mol. The Kier molecular flexibility index (Phi) is 8.68. The summed E-state index contributed by atoms with van der Waals surface area (Å²) in [6.07, 6.45) is -3.03. The number of aliphatic hydroxyl groups excluding tert-OH is 5. The molecule has 7 N–H and O–H groups in total. The van der Waals surface area contributed by atoms with E-state index in [9.17, 15) is 45.3 Å². The summed E-state index contributed by atoms with van der Waals surface area (Å²) < 4.78 is 17.2. The molecule has 0 aromatic carbocycles. The van der Waals surface area contributed by atoms with Crippen LogP contribution in [0, 0.1) is 28.6 Å². The lowest BCUT2D eigenvalue weighted by atomic mass is 9.44. The highest BCUT2D eigenvalue weighted by Crippen LogP contribution is 2.69. The van der Waals surface area contributed by atoms with Gasteiger partial charge in [0.1, 0.15) is 41.9 Å². The number of carbonyl (C=O) groups excluding carboxylic acids is 2. The quantitative estimate of drug-likeness (QED) is 0.154. The molecule has 1 saturated heterocycles. The Balaban J connectivity index is 1.22. The van der Waals surface area contributed by atoms with Crippen LogP contribution in [0.5, 0.6) is 0 Å². The Hall–Kier alpha value is -1.74. The van der Waals surface area contributed by atoms with Crippen LogP contribution < -0.4 is 0 Å². The van der Waals surface area contributed by atoms with Gasteiger partial charge in [-0.2, -0.15) is 0 Å². The van der Waals surface area contributed by atoms with Crippen molar-refractivity contribution in [1.29, 1.82) is 0 Å². The minimum atomic E-state index is -1.58. The maximum Gasteiger partial charge on any atom is 0.336 e. The lowest BCUT2D eigenvalue weighted by molar-refractivity contribution is -0.312. The topological polar surface area (TPSA) is 203 Å². The van der Waals surface area contributed by atoms with E-state index < -0.39 is 84.1 Å². The number of hydrogen-bond acceptors (Lipinski definition) is 12. The molecule has 0 aromatic rings. The maximum atomic E-state index is 14.0. The van der Waals surface area contributed by atoms with Crippen LogP contribution in [0.4, 0.5) is 0 Å². The first-order valence-corrected chi connectivity index (χ1v) is 16.7. The van der Waals surface area contributed by atoms with Gasteiger partial charge < -0.3 is 50.0 Å². The van der Waals surface area contributed by atoms with Crippen molar-refractivity contribution >= 4 is 11.8 Å². The van der Waals surface area contributed by atoms with E-state index in [1.807, 2.05) is 19.9 Å². The van der Waals surface area contributed by atoms with Crippen molar-refractivity contribution in [2.24, 2.45) is 28.6 Å². The van der Waals surface area contributed by atoms with Gasteiger partial charge in [0.2, 0.25) is 0 Å². The zero-order valence-corrected chi connectivity index (χ0v) is 27.1. The average Bonchev–Trinajstić information content (AvgIpc) is 3.29. The monoisotopic (exact) mass is 650 g/mol. The van der Waals surface area contributed by atoms with E-state index in [4.69, 9.17) is 14.2 Å². The summed E-state index contributed by atoms with van der Waals surface area (Å²) in [6, 6.07) is 0. The van der Waals surface area contributed by atoms with Crippen molar-refractivity contribution in [2.45, 2.75) is 133 Å². The molecule has 0 aromatic heterocycles. The van der Waals surface area contributed by atoms with Crippen molar-refractivity contribution in [3.05, 3.63) is 22.8 Å². The third-order valence-electron chi connectivity index (χ3n) is 13.3. The second-order valence-corrected chi connectivity index (χ2v) is 15.4. The Morgan fingerprint density at radius 1 is 1.00 bits per heavy atom. The summed E-state index contributed by atoms with van der Waals surface area (Å²) in [7, 11) is 0. The maximum absolute atomic E-state index is 14.0. The van der Waals surface area contributed by atoms with E-state index in [1.54, 1.807) is 13.8 Å². The van der Waals surface area contributed by atoms with E-state index in [0.29, 0.717) is 50.5 Å². The number of ether oxygens (including phenoxy) is 3. The predicted octanol–water partition coefficient (Wildman–Crippen LogP) is 0.420. The van der Waals surface area contributed by atoms with Gasteiger partial charge in [0.25, 0.3) is 0 Å². The van der Waals surface area contributed by atoms with Gasteiger partial charge in [-0.1, -0.05) is 24.1 Å². The van der Waals surface area contributed by atoms with Crippen LogP contribution in [-0.4, -0.2) is 115 Å². The fourth-order valence-electron chi connectivity index (χ4n) is 10.4. The van der Waals surface area contributed by atoms with Crippen molar-refractivity contribution in [2.75, 3.05) is 13.2 Å². The first-order valence-electron chi connectivity index (χ1n) is 16.7. The highest BCUT2D eigenvalue weighted by molar-refractivity contribution is 5.91. The molecule has 0 bridgehead atoms. The smallest absolute Gasteiger partial charge is 0.336 e. The zero-order valence-electron chi connectivity index (χ0n) is 27.1. The fraction of sp³-hybridized carbons (Fsp3) is 0.824. The Bertz CT molecular complexity index is 1310. The molecule has 2 aliphatic heterocycles. The highest BCUT2D eigenvalue weighted by atomic mass is 16.7. The molecule has 12 heteroatoms. The number of hydrogen-bond donors (Lipinski definition) is 7. The molecule has 6 aliphatic rings. The fourth-order valence-corrected chi connectivity index (χ4v) is 10.4. The van der Waals surface area contributed by atoms with Crippen LogP contribution in [0.15, 0.2) is 22.8 Å². The molecule has 0 spiro atoms. The Morgan fingerprint density at radius 3 is 2.37 bits per heavy atom.